The maximum Gasteiger partial charge on any atom is 0.240 e. The van der Waals surface area contributed by atoms with Crippen LogP contribution in [0.4, 0.5) is 0 Å². The zero-order valence-electron chi connectivity index (χ0n) is 14.9. The second-order valence-electron chi connectivity index (χ2n) is 5.50. The molecule has 2 aromatic carbocycles. The van der Waals surface area contributed by atoms with Gasteiger partial charge >= 0.3 is 0 Å². The number of nitrogens with one attached hydrogen (secondary N) is 1. The molecule has 25 heavy (non-hydrogen) atoms. The largest absolute Gasteiger partial charge is 0.493 e. The molecule has 0 aliphatic heterocycles. The second-order valence-corrected chi connectivity index (χ2v) is 5.50. The monoisotopic (exact) mass is 340 g/mol. The molecule has 0 aromatic heterocycles. The molecule has 0 aliphatic carbocycles. The normalized spacial score (nSPS) is 11.1. The van der Waals surface area contributed by atoms with Crippen molar-refractivity contribution >= 4 is 11.6 Å². The third kappa shape index (κ3) is 5.35. The van der Waals surface area contributed by atoms with E-state index in [0.717, 1.165) is 16.8 Å². The molecule has 0 spiro atoms. The van der Waals surface area contributed by atoms with E-state index in [1.807, 2.05) is 55.5 Å². The number of hydrogen-bond acceptors (Lipinski definition) is 4. The molecule has 0 unspecified atom stereocenters. The van der Waals surface area contributed by atoms with E-state index in [1.54, 1.807) is 14.2 Å². The van der Waals surface area contributed by atoms with Crippen LogP contribution in [0.1, 0.15) is 30.9 Å². The smallest absolute Gasteiger partial charge is 0.240 e. The summed E-state index contributed by atoms with van der Waals surface area (Å²) < 4.78 is 10.6. The van der Waals surface area contributed by atoms with Gasteiger partial charge in [0, 0.05) is 12.0 Å². The summed E-state index contributed by atoms with van der Waals surface area (Å²) in [5, 5.41) is 4.28. The van der Waals surface area contributed by atoms with E-state index in [1.165, 1.54) is 0 Å². The van der Waals surface area contributed by atoms with Crippen LogP contribution >= 0.6 is 0 Å². The van der Waals surface area contributed by atoms with Crippen LogP contribution in [0.2, 0.25) is 0 Å². The number of aryl methyl sites for hydroxylation is 1. The molecule has 5 nitrogen and oxygen atoms in total. The minimum absolute atomic E-state index is 0.102. The molecule has 0 saturated carbocycles. The van der Waals surface area contributed by atoms with Crippen molar-refractivity contribution in [2.75, 3.05) is 14.2 Å². The lowest BCUT2D eigenvalue weighted by molar-refractivity contribution is -0.121. The summed E-state index contributed by atoms with van der Waals surface area (Å²) in [4.78, 5) is 12.0. The Bertz CT molecular complexity index is 727. The molecule has 0 fully saturated rings. The highest BCUT2D eigenvalue weighted by Crippen LogP contribution is 2.28. The number of ether oxygens (including phenoxy) is 2. The number of rotatable bonds is 8. The number of carbonyl (C=O) groups is 1. The van der Waals surface area contributed by atoms with Crippen LogP contribution in [0.3, 0.4) is 0 Å². The van der Waals surface area contributed by atoms with E-state index in [0.29, 0.717) is 30.8 Å². The molecule has 1 amide bonds. The standard InChI is InChI=1S/C20H24N2O3/c1-4-17(16-11-12-18(24-2)19(14-16)25-3)21-22-20(23)13-10-15-8-6-5-7-9-15/h5-9,11-12,14H,4,10,13H2,1-3H3,(H,22,23)/b21-17-. The Labute approximate surface area is 148 Å². The predicted octanol–water partition coefficient (Wildman–Crippen LogP) is 3.57. The van der Waals surface area contributed by atoms with Gasteiger partial charge in [-0.3, -0.25) is 4.79 Å². The maximum absolute atomic E-state index is 12.0. The fourth-order valence-corrected chi connectivity index (χ4v) is 2.45. The molecule has 0 heterocycles. The molecule has 0 aliphatic rings. The highest BCUT2D eigenvalue weighted by molar-refractivity contribution is 6.01. The van der Waals surface area contributed by atoms with Crippen molar-refractivity contribution in [3.63, 3.8) is 0 Å². The Balaban J connectivity index is 2.01. The molecule has 0 bridgehead atoms. The number of amides is 1. The van der Waals surface area contributed by atoms with E-state index in [-0.39, 0.29) is 5.91 Å². The van der Waals surface area contributed by atoms with Crippen molar-refractivity contribution in [2.24, 2.45) is 5.10 Å². The highest BCUT2D eigenvalue weighted by atomic mass is 16.5. The Kier molecular flexibility index (Phi) is 7.01. The number of benzene rings is 2. The Morgan fingerprint density at radius 3 is 2.40 bits per heavy atom. The molecule has 0 saturated heterocycles. The summed E-state index contributed by atoms with van der Waals surface area (Å²) in [5.74, 6) is 1.19. The molecular formula is C20H24N2O3. The van der Waals surface area contributed by atoms with Crippen LogP contribution < -0.4 is 14.9 Å². The summed E-state index contributed by atoms with van der Waals surface area (Å²) in [6.45, 7) is 1.99. The van der Waals surface area contributed by atoms with Gasteiger partial charge in [0.25, 0.3) is 0 Å². The van der Waals surface area contributed by atoms with Crippen LogP contribution in [-0.2, 0) is 11.2 Å². The van der Waals surface area contributed by atoms with Gasteiger partial charge in [0.05, 0.1) is 19.9 Å². The number of methoxy groups -OCH3 is 2. The third-order valence-corrected chi connectivity index (χ3v) is 3.85. The van der Waals surface area contributed by atoms with Gasteiger partial charge in [-0.15, -0.1) is 0 Å². The summed E-state index contributed by atoms with van der Waals surface area (Å²) in [6, 6.07) is 15.5. The number of nitrogens with zero attached hydrogens (tertiary/aromatic N) is 1. The topological polar surface area (TPSA) is 59.9 Å². The van der Waals surface area contributed by atoms with Gasteiger partial charge in [-0.05, 0) is 36.6 Å². The average Bonchev–Trinajstić information content (AvgIpc) is 2.67. The molecular weight excluding hydrogens is 316 g/mol. The summed E-state index contributed by atoms with van der Waals surface area (Å²) in [5.41, 5.74) is 5.46. The predicted molar refractivity (Wildman–Crippen MR) is 99.3 cm³/mol. The van der Waals surface area contributed by atoms with Crippen molar-refractivity contribution in [1.82, 2.24) is 5.43 Å². The van der Waals surface area contributed by atoms with E-state index >= 15 is 0 Å². The third-order valence-electron chi connectivity index (χ3n) is 3.85. The first kappa shape index (κ1) is 18.5. The van der Waals surface area contributed by atoms with Gasteiger partial charge < -0.3 is 9.47 Å². The van der Waals surface area contributed by atoms with Gasteiger partial charge in [0.15, 0.2) is 11.5 Å². The maximum atomic E-state index is 12.0. The molecule has 0 radical (unpaired) electrons. The van der Waals surface area contributed by atoms with Crippen molar-refractivity contribution in [3.05, 3.63) is 59.7 Å². The van der Waals surface area contributed by atoms with Gasteiger partial charge in [-0.2, -0.15) is 5.10 Å². The highest BCUT2D eigenvalue weighted by Gasteiger charge is 2.09. The molecule has 2 aromatic rings. The lowest BCUT2D eigenvalue weighted by Crippen LogP contribution is -2.20. The van der Waals surface area contributed by atoms with E-state index in [2.05, 4.69) is 10.5 Å². The Morgan fingerprint density at radius 1 is 1.04 bits per heavy atom. The first-order valence-corrected chi connectivity index (χ1v) is 8.29. The summed E-state index contributed by atoms with van der Waals surface area (Å²) in [7, 11) is 3.19. The quantitative estimate of drug-likeness (QED) is 0.590. The van der Waals surface area contributed by atoms with Gasteiger partial charge in [0.1, 0.15) is 0 Å². The number of hydrogen-bond donors (Lipinski definition) is 1. The van der Waals surface area contributed by atoms with Crippen LogP contribution in [0.15, 0.2) is 53.6 Å². The molecule has 1 N–H and O–H groups in total. The van der Waals surface area contributed by atoms with E-state index in [9.17, 15) is 4.79 Å². The lowest BCUT2D eigenvalue weighted by Gasteiger charge is -2.10. The van der Waals surface area contributed by atoms with Crippen molar-refractivity contribution < 1.29 is 14.3 Å². The SMILES string of the molecule is CC/C(=N/NC(=O)CCc1ccccc1)c1ccc(OC)c(OC)c1. The fourth-order valence-electron chi connectivity index (χ4n) is 2.45. The van der Waals surface area contributed by atoms with Crippen LogP contribution in [0.25, 0.3) is 0 Å². The Morgan fingerprint density at radius 2 is 1.76 bits per heavy atom. The second kappa shape index (κ2) is 9.47. The van der Waals surface area contributed by atoms with E-state index < -0.39 is 0 Å². The minimum Gasteiger partial charge on any atom is -0.493 e. The molecule has 2 rings (SSSR count). The summed E-state index contributed by atoms with van der Waals surface area (Å²) >= 11 is 0. The zero-order valence-corrected chi connectivity index (χ0v) is 14.9. The Hall–Kier alpha value is -2.82. The number of carbonyl (C=O) groups excluding carboxylic acids is 1. The summed E-state index contributed by atoms with van der Waals surface area (Å²) in [6.07, 6.45) is 1.78. The molecule has 0 atom stereocenters. The van der Waals surface area contributed by atoms with Crippen LogP contribution in [0.5, 0.6) is 11.5 Å². The minimum atomic E-state index is -0.102. The van der Waals surface area contributed by atoms with Crippen molar-refractivity contribution in [3.8, 4) is 11.5 Å². The lowest BCUT2D eigenvalue weighted by atomic mass is 10.1. The van der Waals surface area contributed by atoms with Crippen LogP contribution in [-0.4, -0.2) is 25.8 Å². The van der Waals surface area contributed by atoms with E-state index in [4.69, 9.17) is 9.47 Å². The first-order chi connectivity index (χ1) is 12.2. The first-order valence-electron chi connectivity index (χ1n) is 8.29. The number of hydrazone groups is 1. The molecule has 5 heteroatoms. The zero-order chi connectivity index (χ0) is 18.1. The van der Waals surface area contributed by atoms with Gasteiger partial charge in [-0.25, -0.2) is 5.43 Å². The fraction of sp³-hybridized carbons (Fsp3) is 0.300. The van der Waals surface area contributed by atoms with Crippen molar-refractivity contribution in [2.45, 2.75) is 26.2 Å². The average molecular weight is 340 g/mol. The molecule has 132 valence electrons. The van der Waals surface area contributed by atoms with Crippen LogP contribution in [0, 0.1) is 0 Å². The van der Waals surface area contributed by atoms with Gasteiger partial charge in [-0.1, -0.05) is 37.3 Å². The van der Waals surface area contributed by atoms with Gasteiger partial charge in [0.2, 0.25) is 5.91 Å². The van der Waals surface area contributed by atoms with Crippen molar-refractivity contribution in [1.29, 1.82) is 0 Å².